The van der Waals surface area contributed by atoms with Crippen molar-refractivity contribution in [2.75, 3.05) is 46.4 Å². The van der Waals surface area contributed by atoms with Gasteiger partial charge in [-0.25, -0.2) is 13.1 Å². The number of nitro groups is 1. The van der Waals surface area contributed by atoms with Gasteiger partial charge in [-0.05, 0) is 18.9 Å². The highest BCUT2D eigenvalue weighted by atomic mass is 127. The minimum Gasteiger partial charge on any atom is -0.375 e. The SMILES string of the molecule is CN=C(NCCNS(=O)(=O)c1cccc([N+](=O)[O-])c1)N1CCOC(C2CCCO2)C1.I. The van der Waals surface area contributed by atoms with E-state index in [9.17, 15) is 18.5 Å². The first-order chi connectivity index (χ1) is 14.4. The Labute approximate surface area is 198 Å². The maximum absolute atomic E-state index is 12.4. The smallest absolute Gasteiger partial charge is 0.270 e. The number of nitrogens with zero attached hydrogens (tertiary/aromatic N) is 3. The normalized spacial score (nSPS) is 22.1. The Bertz CT molecular complexity index is 878. The molecule has 2 aliphatic rings. The predicted molar refractivity (Wildman–Crippen MR) is 125 cm³/mol. The van der Waals surface area contributed by atoms with Crippen molar-refractivity contribution in [2.24, 2.45) is 4.99 Å². The van der Waals surface area contributed by atoms with Crippen molar-refractivity contribution in [1.82, 2.24) is 14.9 Å². The van der Waals surface area contributed by atoms with Gasteiger partial charge < -0.3 is 19.7 Å². The van der Waals surface area contributed by atoms with Crippen LogP contribution in [0.3, 0.4) is 0 Å². The second-order valence-electron chi connectivity index (χ2n) is 7.03. The van der Waals surface area contributed by atoms with Gasteiger partial charge in [-0.3, -0.25) is 15.1 Å². The fourth-order valence-electron chi connectivity index (χ4n) is 3.53. The van der Waals surface area contributed by atoms with Crippen LogP contribution in [0.2, 0.25) is 0 Å². The number of halogens is 1. The zero-order chi connectivity index (χ0) is 21.6. The monoisotopic (exact) mass is 569 g/mol. The van der Waals surface area contributed by atoms with E-state index < -0.39 is 14.9 Å². The number of non-ortho nitro benzene ring substituents is 1. The summed E-state index contributed by atoms with van der Waals surface area (Å²) in [7, 11) is -2.18. The second-order valence-corrected chi connectivity index (χ2v) is 8.80. The van der Waals surface area contributed by atoms with E-state index in [0.29, 0.717) is 32.2 Å². The molecule has 2 fully saturated rings. The van der Waals surface area contributed by atoms with E-state index in [1.165, 1.54) is 18.2 Å². The molecule has 1 aromatic rings. The molecule has 11 nitrogen and oxygen atoms in total. The number of aliphatic imine (C=N–C) groups is 1. The molecule has 13 heteroatoms. The quantitative estimate of drug-likeness (QED) is 0.124. The highest BCUT2D eigenvalue weighted by molar-refractivity contribution is 14.0. The van der Waals surface area contributed by atoms with Crippen LogP contribution in [0.5, 0.6) is 0 Å². The molecule has 0 bridgehead atoms. The third kappa shape index (κ3) is 6.97. The summed E-state index contributed by atoms with van der Waals surface area (Å²) < 4.78 is 38.8. The van der Waals surface area contributed by atoms with Crippen LogP contribution in [0.1, 0.15) is 12.8 Å². The maximum atomic E-state index is 12.4. The summed E-state index contributed by atoms with van der Waals surface area (Å²) in [6.45, 7) is 3.09. The Morgan fingerprint density at radius 2 is 2.06 bits per heavy atom. The van der Waals surface area contributed by atoms with E-state index >= 15 is 0 Å². The van der Waals surface area contributed by atoms with Crippen LogP contribution in [-0.2, 0) is 19.5 Å². The van der Waals surface area contributed by atoms with Gasteiger partial charge >= 0.3 is 0 Å². The van der Waals surface area contributed by atoms with Crippen LogP contribution >= 0.6 is 24.0 Å². The molecule has 0 radical (unpaired) electrons. The van der Waals surface area contributed by atoms with Gasteiger partial charge in [0.1, 0.15) is 6.10 Å². The second kappa shape index (κ2) is 11.9. The van der Waals surface area contributed by atoms with Crippen molar-refractivity contribution in [1.29, 1.82) is 0 Å². The summed E-state index contributed by atoms with van der Waals surface area (Å²) in [5.41, 5.74) is -0.274. The van der Waals surface area contributed by atoms with Gasteiger partial charge in [-0.2, -0.15) is 0 Å². The molecule has 1 aromatic carbocycles. The van der Waals surface area contributed by atoms with Crippen molar-refractivity contribution >= 4 is 45.6 Å². The number of sulfonamides is 1. The molecular weight excluding hydrogens is 541 g/mol. The fraction of sp³-hybridized carbons (Fsp3) is 0.611. The van der Waals surface area contributed by atoms with Crippen LogP contribution in [0.15, 0.2) is 34.2 Å². The standard InChI is InChI=1S/C18H27N5O6S.HI/c1-19-18(22-9-11-29-17(13-22)16-6-3-10-28-16)20-7-8-21-30(26,27)15-5-2-4-14(12-15)23(24)25;/h2,4-5,12,16-17,21H,3,6-11,13H2,1H3,(H,19,20);1H. The van der Waals surface area contributed by atoms with Crippen LogP contribution in [0.25, 0.3) is 0 Å². The first-order valence-corrected chi connectivity index (χ1v) is 11.3. The molecule has 0 spiro atoms. The van der Waals surface area contributed by atoms with Crippen LogP contribution in [0, 0.1) is 10.1 Å². The Kier molecular flexibility index (Phi) is 9.87. The molecule has 2 aliphatic heterocycles. The zero-order valence-electron chi connectivity index (χ0n) is 17.2. The third-order valence-corrected chi connectivity index (χ3v) is 6.48. The first-order valence-electron chi connectivity index (χ1n) is 9.83. The molecule has 2 saturated heterocycles. The van der Waals surface area contributed by atoms with Gasteiger partial charge in [-0.1, -0.05) is 6.07 Å². The number of morpholine rings is 1. The number of rotatable bonds is 7. The van der Waals surface area contributed by atoms with Gasteiger partial charge in [0.05, 0.1) is 22.5 Å². The van der Waals surface area contributed by atoms with Crippen molar-refractivity contribution in [3.05, 3.63) is 34.4 Å². The van der Waals surface area contributed by atoms with E-state index in [1.54, 1.807) is 7.05 Å². The number of nitrogens with one attached hydrogen (secondary N) is 2. The van der Waals surface area contributed by atoms with Gasteiger partial charge in [-0.15, -0.1) is 24.0 Å². The molecule has 2 unspecified atom stereocenters. The number of benzene rings is 1. The zero-order valence-corrected chi connectivity index (χ0v) is 20.4. The minimum atomic E-state index is -3.85. The number of ether oxygens (including phenoxy) is 2. The fourth-order valence-corrected chi connectivity index (χ4v) is 4.60. The maximum Gasteiger partial charge on any atom is 0.270 e. The summed E-state index contributed by atoms with van der Waals surface area (Å²) in [6, 6.07) is 4.95. The Balaban J connectivity index is 0.00000341. The lowest BCUT2D eigenvalue weighted by molar-refractivity contribution is -0.385. The lowest BCUT2D eigenvalue weighted by atomic mass is 10.1. The van der Waals surface area contributed by atoms with E-state index in [2.05, 4.69) is 19.9 Å². The molecule has 31 heavy (non-hydrogen) atoms. The van der Waals surface area contributed by atoms with Crippen LogP contribution in [-0.4, -0.2) is 82.8 Å². The number of hydrogen-bond donors (Lipinski definition) is 2. The topological polar surface area (TPSA) is 135 Å². The molecular formula is C18H28IN5O6S. The summed E-state index contributed by atoms with van der Waals surface area (Å²) >= 11 is 0. The van der Waals surface area contributed by atoms with Crippen molar-refractivity contribution in [3.8, 4) is 0 Å². The average Bonchev–Trinajstić information content (AvgIpc) is 3.29. The van der Waals surface area contributed by atoms with Crippen molar-refractivity contribution in [3.63, 3.8) is 0 Å². The molecule has 0 amide bonds. The van der Waals surface area contributed by atoms with E-state index in [-0.39, 0.29) is 53.3 Å². The van der Waals surface area contributed by atoms with E-state index in [0.717, 1.165) is 25.5 Å². The number of hydrogen-bond acceptors (Lipinski definition) is 7. The molecule has 2 atom stereocenters. The third-order valence-electron chi connectivity index (χ3n) is 5.02. The highest BCUT2D eigenvalue weighted by Crippen LogP contribution is 2.21. The molecule has 0 aliphatic carbocycles. The van der Waals surface area contributed by atoms with E-state index in [1.807, 2.05) is 0 Å². The number of guanidine groups is 1. The van der Waals surface area contributed by atoms with Gasteiger partial charge in [0.2, 0.25) is 10.0 Å². The highest BCUT2D eigenvalue weighted by Gasteiger charge is 2.32. The average molecular weight is 569 g/mol. The summed E-state index contributed by atoms with van der Waals surface area (Å²) in [5, 5.41) is 14.0. The Morgan fingerprint density at radius 3 is 2.74 bits per heavy atom. The summed E-state index contributed by atoms with van der Waals surface area (Å²) in [5.74, 6) is 0.663. The molecule has 0 saturated carbocycles. The molecule has 2 heterocycles. The first kappa shape index (κ1) is 25.7. The van der Waals surface area contributed by atoms with Gasteiger partial charge in [0, 0.05) is 52.0 Å². The summed E-state index contributed by atoms with van der Waals surface area (Å²) in [4.78, 5) is 16.4. The molecule has 0 aromatic heterocycles. The summed E-state index contributed by atoms with van der Waals surface area (Å²) in [6.07, 6.45) is 2.13. The Hall–Kier alpha value is -1.55. The van der Waals surface area contributed by atoms with Crippen LogP contribution in [0.4, 0.5) is 5.69 Å². The van der Waals surface area contributed by atoms with Gasteiger partial charge in [0.15, 0.2) is 5.96 Å². The minimum absolute atomic E-state index is 0. The predicted octanol–water partition coefficient (Wildman–Crippen LogP) is 0.946. The lowest BCUT2D eigenvalue weighted by Crippen LogP contribution is -2.54. The van der Waals surface area contributed by atoms with Gasteiger partial charge in [0.25, 0.3) is 5.69 Å². The van der Waals surface area contributed by atoms with E-state index in [4.69, 9.17) is 9.47 Å². The van der Waals surface area contributed by atoms with Crippen molar-refractivity contribution in [2.45, 2.75) is 29.9 Å². The molecule has 174 valence electrons. The molecule has 3 rings (SSSR count). The number of nitro benzene ring substituents is 1. The lowest BCUT2D eigenvalue weighted by Gasteiger charge is -2.37. The molecule has 2 N–H and O–H groups in total. The van der Waals surface area contributed by atoms with Crippen LogP contribution < -0.4 is 10.0 Å². The largest absolute Gasteiger partial charge is 0.375 e. The Morgan fingerprint density at radius 1 is 1.29 bits per heavy atom. The van der Waals surface area contributed by atoms with Crippen molar-refractivity contribution < 1.29 is 22.8 Å².